The van der Waals surface area contributed by atoms with Gasteiger partial charge in [0.05, 0.1) is 79.3 Å². The van der Waals surface area contributed by atoms with Gasteiger partial charge in [-0.25, -0.2) is 0 Å². The van der Waals surface area contributed by atoms with Crippen molar-refractivity contribution in [1.29, 1.82) is 0 Å². The highest BCUT2D eigenvalue weighted by Gasteiger charge is 2.23. The zero-order chi connectivity index (χ0) is 74.7. The van der Waals surface area contributed by atoms with Gasteiger partial charge in [0.15, 0.2) is 69.0 Å². The van der Waals surface area contributed by atoms with Gasteiger partial charge in [-0.1, -0.05) is 234 Å². The standard InChI is InChI=1S/C92H136O14/c1-9-17-25-33-49-95-81-45-41-73(65-85(81)99-53-37-29-21-13-5)77-69-89-90(70-78(77)74-42-46-82(96-50-34-26-18-10-2)86(66-74)100-54-38-30-22-14-6)104-62-58-94-60-64-106-92-72-80(76-44-48-84(98-52-36-28-20-12-4)88(68-76)102-56-40-32-24-16-8)79(71-91(92)105-63-59-93-57-61-103-89)75-43-47-83(97-51-35-27-19-11-3)87(67-75)101-55-39-31-23-15-7/h41-48,65-72H,9-40,49-64H2,1-8H3. The Morgan fingerprint density at radius 1 is 0.198 bits per heavy atom. The molecule has 0 aromatic heterocycles. The molecule has 1 heterocycles. The van der Waals surface area contributed by atoms with Gasteiger partial charge in [0.1, 0.15) is 26.4 Å². The van der Waals surface area contributed by atoms with E-state index in [0.717, 1.165) is 245 Å². The summed E-state index contributed by atoms with van der Waals surface area (Å²) in [6.45, 7) is 24.8. The molecule has 7 rings (SSSR count). The zero-order valence-corrected chi connectivity index (χ0v) is 66.9. The summed E-state index contributed by atoms with van der Waals surface area (Å²) >= 11 is 0. The van der Waals surface area contributed by atoms with Crippen LogP contribution in [-0.2, 0) is 9.47 Å². The Bertz CT molecular complexity index is 2880. The fraction of sp³-hybridized carbons (Fsp3) is 0.609. The lowest BCUT2D eigenvalue weighted by Gasteiger charge is -2.21. The molecular weight excluding hydrogens is 1330 g/mol. The number of hydrogen-bond acceptors (Lipinski definition) is 14. The van der Waals surface area contributed by atoms with E-state index in [1.807, 2.05) is 0 Å². The Hall–Kier alpha value is -7.16. The Morgan fingerprint density at radius 3 is 0.557 bits per heavy atom. The molecule has 6 aromatic rings. The number of rotatable bonds is 52. The molecule has 0 bridgehead atoms. The highest BCUT2D eigenvalue weighted by molar-refractivity contribution is 5.89. The van der Waals surface area contributed by atoms with E-state index in [-0.39, 0.29) is 52.9 Å². The molecule has 0 aliphatic carbocycles. The minimum atomic E-state index is 0.241. The van der Waals surface area contributed by atoms with Crippen molar-refractivity contribution in [2.45, 2.75) is 261 Å². The number of unbranched alkanes of at least 4 members (excludes halogenated alkanes) is 24. The van der Waals surface area contributed by atoms with Crippen molar-refractivity contribution in [3.8, 4) is 114 Å². The second-order valence-electron chi connectivity index (χ2n) is 28.2. The summed E-state index contributed by atoms with van der Waals surface area (Å²) in [5.41, 5.74) is 7.51. The molecule has 6 aromatic carbocycles. The van der Waals surface area contributed by atoms with Gasteiger partial charge in [0.2, 0.25) is 0 Å². The van der Waals surface area contributed by atoms with E-state index in [1.165, 1.54) is 51.4 Å². The smallest absolute Gasteiger partial charge is 0.161 e. The van der Waals surface area contributed by atoms with E-state index < -0.39 is 0 Å². The maximum absolute atomic E-state index is 6.80. The Kier molecular flexibility index (Phi) is 43.5. The van der Waals surface area contributed by atoms with Gasteiger partial charge in [-0.2, -0.15) is 0 Å². The third-order valence-electron chi connectivity index (χ3n) is 19.2. The Labute approximate surface area is 640 Å². The van der Waals surface area contributed by atoms with Crippen LogP contribution in [0, 0.1) is 0 Å². The molecule has 106 heavy (non-hydrogen) atoms. The van der Waals surface area contributed by atoms with Gasteiger partial charge >= 0.3 is 0 Å². The molecule has 1 aliphatic rings. The lowest BCUT2D eigenvalue weighted by molar-refractivity contribution is 0.0641. The molecule has 0 N–H and O–H groups in total. The van der Waals surface area contributed by atoms with Gasteiger partial charge in [-0.05, 0) is 169 Å². The topological polar surface area (TPSA) is 129 Å². The summed E-state index contributed by atoms with van der Waals surface area (Å²) in [7, 11) is 0. The van der Waals surface area contributed by atoms with Crippen LogP contribution in [0.5, 0.6) is 69.0 Å². The van der Waals surface area contributed by atoms with Crippen molar-refractivity contribution >= 4 is 0 Å². The van der Waals surface area contributed by atoms with Crippen molar-refractivity contribution in [2.75, 3.05) is 106 Å². The molecule has 588 valence electrons. The van der Waals surface area contributed by atoms with Crippen LogP contribution in [0.3, 0.4) is 0 Å². The number of benzene rings is 6. The van der Waals surface area contributed by atoms with Crippen LogP contribution in [0.1, 0.15) is 261 Å². The fourth-order valence-corrected chi connectivity index (χ4v) is 12.9. The fourth-order valence-electron chi connectivity index (χ4n) is 12.9. The van der Waals surface area contributed by atoms with Crippen molar-refractivity contribution in [1.82, 2.24) is 0 Å². The van der Waals surface area contributed by atoms with Gasteiger partial charge in [-0.15, -0.1) is 0 Å². The first-order valence-corrected chi connectivity index (χ1v) is 42.0. The SMILES string of the molecule is CCCCCCOc1ccc(-c2cc3c(cc2-c2ccc(OCCCCCC)c(OCCCCCC)c2)OCCOCCOc2cc(-c4ccc(OCCCCCC)c(OCCCCCC)c4)c(-c4ccc(OCCCCCC)c(OCCCCCC)c4)cc2OCCOCCO3)cc1OCCCCCC. The first kappa shape index (κ1) is 86.1. The predicted molar refractivity (Wildman–Crippen MR) is 435 cm³/mol. The summed E-state index contributed by atoms with van der Waals surface area (Å²) in [4.78, 5) is 0. The maximum Gasteiger partial charge on any atom is 0.161 e. The van der Waals surface area contributed by atoms with Gasteiger partial charge in [0, 0.05) is 0 Å². The van der Waals surface area contributed by atoms with Crippen LogP contribution in [0.2, 0.25) is 0 Å². The average Bonchev–Trinajstić information content (AvgIpc) is 0.783. The van der Waals surface area contributed by atoms with Gasteiger partial charge in [-0.3, -0.25) is 0 Å². The van der Waals surface area contributed by atoms with Crippen LogP contribution in [0.15, 0.2) is 97.1 Å². The molecule has 14 heteroatoms. The second kappa shape index (κ2) is 53.6. The summed E-state index contributed by atoms with van der Waals surface area (Å²) in [5.74, 6) is 8.18. The lowest BCUT2D eigenvalue weighted by atomic mass is 9.93. The van der Waals surface area contributed by atoms with Crippen molar-refractivity contribution in [2.24, 2.45) is 0 Å². The van der Waals surface area contributed by atoms with Gasteiger partial charge < -0.3 is 66.3 Å². The summed E-state index contributed by atoms with van der Waals surface area (Å²) < 4.78 is 92.8. The van der Waals surface area contributed by atoms with E-state index in [4.69, 9.17) is 66.3 Å². The average molecular weight is 1470 g/mol. The van der Waals surface area contributed by atoms with Crippen LogP contribution in [-0.4, -0.2) is 106 Å². The number of ether oxygens (including phenoxy) is 14. The maximum atomic E-state index is 6.80. The summed E-state index contributed by atoms with van der Waals surface area (Å²) in [6, 6.07) is 33.7. The second-order valence-corrected chi connectivity index (χ2v) is 28.2. The van der Waals surface area contributed by atoms with Crippen molar-refractivity contribution in [3.63, 3.8) is 0 Å². The Morgan fingerprint density at radius 2 is 0.377 bits per heavy atom. The quantitative estimate of drug-likeness (QED) is 0.0336. The molecule has 0 spiro atoms. The number of hydrogen-bond donors (Lipinski definition) is 0. The predicted octanol–water partition coefficient (Wildman–Crippen LogP) is 25.3. The minimum Gasteiger partial charge on any atom is -0.490 e. The molecule has 0 fully saturated rings. The normalized spacial score (nSPS) is 12.8. The van der Waals surface area contributed by atoms with E-state index in [2.05, 4.69) is 152 Å². The monoisotopic (exact) mass is 1460 g/mol. The first-order chi connectivity index (χ1) is 52.4. The van der Waals surface area contributed by atoms with Gasteiger partial charge in [0.25, 0.3) is 0 Å². The highest BCUT2D eigenvalue weighted by atomic mass is 16.6. The van der Waals surface area contributed by atoms with Crippen molar-refractivity contribution < 1.29 is 66.3 Å². The molecule has 0 atom stereocenters. The van der Waals surface area contributed by atoms with E-state index in [9.17, 15) is 0 Å². The highest BCUT2D eigenvalue weighted by Crippen LogP contribution is 2.48. The summed E-state index contributed by atoms with van der Waals surface area (Å²) in [6.07, 6.45) is 35.3. The van der Waals surface area contributed by atoms with E-state index >= 15 is 0 Å². The third kappa shape index (κ3) is 31.2. The molecule has 0 saturated heterocycles. The zero-order valence-electron chi connectivity index (χ0n) is 66.9. The molecule has 14 nitrogen and oxygen atoms in total. The molecule has 0 amide bonds. The van der Waals surface area contributed by atoms with Crippen molar-refractivity contribution in [3.05, 3.63) is 97.1 Å². The minimum absolute atomic E-state index is 0.241. The third-order valence-corrected chi connectivity index (χ3v) is 19.2. The van der Waals surface area contributed by atoms with Crippen LogP contribution in [0.4, 0.5) is 0 Å². The van der Waals surface area contributed by atoms with Crippen LogP contribution in [0.25, 0.3) is 44.5 Å². The van der Waals surface area contributed by atoms with E-state index in [0.29, 0.717) is 75.9 Å². The Balaban J connectivity index is 1.25. The molecule has 1 aliphatic heterocycles. The molecule has 0 saturated carbocycles. The van der Waals surface area contributed by atoms with Crippen LogP contribution < -0.4 is 56.8 Å². The largest absolute Gasteiger partial charge is 0.490 e. The number of fused-ring (bicyclic) bond motifs is 2. The summed E-state index contributed by atoms with van der Waals surface area (Å²) in [5, 5.41) is 0. The first-order valence-electron chi connectivity index (χ1n) is 42.0. The molecular formula is C92H136O14. The molecule has 0 radical (unpaired) electrons. The van der Waals surface area contributed by atoms with Crippen LogP contribution >= 0.6 is 0 Å². The lowest BCUT2D eigenvalue weighted by Crippen LogP contribution is -2.15. The molecule has 0 unspecified atom stereocenters. The van der Waals surface area contributed by atoms with E-state index in [1.54, 1.807) is 0 Å².